The van der Waals surface area contributed by atoms with Gasteiger partial charge in [0.15, 0.2) is 6.10 Å². The van der Waals surface area contributed by atoms with E-state index in [0.29, 0.717) is 19.3 Å². The molecule has 0 amide bonds. The molecule has 0 fully saturated rings. The maximum Gasteiger partial charge on any atom is 0.306 e. The smallest absolute Gasteiger partial charge is 0.306 e. The molecular weight excluding hydrogens is 901 g/mol. The van der Waals surface area contributed by atoms with Crippen LogP contribution in [0.1, 0.15) is 290 Å². The number of hydrogen-bond donors (Lipinski definition) is 0. The van der Waals surface area contributed by atoms with E-state index in [1.54, 1.807) is 0 Å². The Hall–Kier alpha value is -3.67. The lowest BCUT2D eigenvalue weighted by Crippen LogP contribution is -2.30. The van der Waals surface area contributed by atoms with Gasteiger partial charge in [0.2, 0.25) is 0 Å². The summed E-state index contributed by atoms with van der Waals surface area (Å²) >= 11 is 0. The van der Waals surface area contributed by atoms with Gasteiger partial charge in [-0.1, -0.05) is 246 Å². The van der Waals surface area contributed by atoms with Gasteiger partial charge in [0.25, 0.3) is 0 Å². The maximum atomic E-state index is 12.9. The number of allylic oxidation sites excluding steroid dienone is 16. The van der Waals surface area contributed by atoms with E-state index in [-0.39, 0.29) is 31.1 Å². The van der Waals surface area contributed by atoms with Crippen LogP contribution in [-0.2, 0) is 28.6 Å². The highest BCUT2D eigenvalue weighted by molar-refractivity contribution is 5.71. The highest BCUT2D eigenvalue weighted by Gasteiger charge is 2.19. The van der Waals surface area contributed by atoms with E-state index < -0.39 is 6.10 Å². The van der Waals surface area contributed by atoms with Crippen LogP contribution in [0.4, 0.5) is 0 Å². The molecule has 0 bridgehead atoms. The predicted octanol–water partition coefficient (Wildman–Crippen LogP) is 20.9. The van der Waals surface area contributed by atoms with E-state index in [0.717, 1.165) is 128 Å². The van der Waals surface area contributed by atoms with E-state index in [1.165, 1.54) is 122 Å². The highest BCUT2D eigenvalue weighted by Crippen LogP contribution is 2.15. The number of ether oxygens (including phenoxy) is 3. The first-order chi connectivity index (χ1) is 36.0. The molecule has 6 nitrogen and oxygen atoms in total. The van der Waals surface area contributed by atoms with Gasteiger partial charge in [-0.05, 0) is 122 Å². The zero-order valence-electron chi connectivity index (χ0n) is 47.9. The third-order valence-electron chi connectivity index (χ3n) is 13.0. The normalized spacial score (nSPS) is 12.8. The minimum Gasteiger partial charge on any atom is -0.462 e. The molecule has 0 rings (SSSR count). The van der Waals surface area contributed by atoms with Crippen molar-refractivity contribution in [3.63, 3.8) is 0 Å². The Morgan fingerprint density at radius 1 is 0.288 bits per heavy atom. The Kier molecular flexibility index (Phi) is 57.8. The van der Waals surface area contributed by atoms with Crippen LogP contribution < -0.4 is 0 Å². The van der Waals surface area contributed by atoms with Crippen molar-refractivity contribution in [1.29, 1.82) is 0 Å². The van der Waals surface area contributed by atoms with Gasteiger partial charge >= 0.3 is 17.9 Å². The molecule has 0 aromatic heterocycles. The molecule has 418 valence electrons. The number of rotatable bonds is 55. The standard InChI is InChI=1S/C67H114O6/c1-4-7-10-13-16-19-22-25-28-30-31-32-33-34-35-37-39-42-45-48-51-54-57-60-66(69)72-63-64(62-71-65(68)59-56-53-50-47-44-41-38-27-24-21-18-15-12-9-6-3)73-67(70)61-58-55-52-49-46-43-40-36-29-26-23-20-17-14-11-8-5-2/h8,11,17-18,20-22,25-27,29-31,38,40,43,64H,4-7,9-10,12-16,19,23-24,28,32-37,39,41-42,44-63H2,1-3H3/b11-8-,20-17-,21-18-,25-22-,29-26-,31-30-,38-27-,43-40-. The van der Waals surface area contributed by atoms with Crippen LogP contribution in [0.25, 0.3) is 0 Å². The Balaban J connectivity index is 4.40. The zero-order valence-corrected chi connectivity index (χ0v) is 47.9. The largest absolute Gasteiger partial charge is 0.462 e. The molecule has 0 heterocycles. The van der Waals surface area contributed by atoms with Crippen LogP contribution in [0.5, 0.6) is 0 Å². The summed E-state index contributed by atoms with van der Waals surface area (Å²) in [5.41, 5.74) is 0. The van der Waals surface area contributed by atoms with E-state index in [9.17, 15) is 14.4 Å². The molecule has 6 heteroatoms. The van der Waals surface area contributed by atoms with Crippen molar-refractivity contribution in [3.05, 3.63) is 97.2 Å². The lowest BCUT2D eigenvalue weighted by Gasteiger charge is -2.18. The van der Waals surface area contributed by atoms with Crippen molar-refractivity contribution >= 4 is 17.9 Å². The van der Waals surface area contributed by atoms with Gasteiger partial charge in [-0.25, -0.2) is 0 Å². The second-order valence-corrected chi connectivity index (χ2v) is 20.2. The summed E-state index contributed by atoms with van der Waals surface area (Å²) in [6, 6.07) is 0. The van der Waals surface area contributed by atoms with Gasteiger partial charge in [0, 0.05) is 19.3 Å². The molecule has 0 aliphatic carbocycles. The third-order valence-corrected chi connectivity index (χ3v) is 13.0. The molecule has 0 aliphatic rings. The van der Waals surface area contributed by atoms with Crippen LogP contribution in [0.2, 0.25) is 0 Å². The van der Waals surface area contributed by atoms with Gasteiger partial charge in [0.1, 0.15) is 13.2 Å². The Bertz CT molecular complexity index is 1440. The summed E-state index contributed by atoms with van der Waals surface area (Å²) in [6.45, 7) is 6.47. The number of hydrogen-bond acceptors (Lipinski definition) is 6. The molecule has 1 atom stereocenters. The van der Waals surface area contributed by atoms with Gasteiger partial charge in [-0.2, -0.15) is 0 Å². The summed E-state index contributed by atoms with van der Waals surface area (Å²) < 4.78 is 16.9. The van der Waals surface area contributed by atoms with E-state index in [1.807, 2.05) is 0 Å². The molecule has 0 saturated heterocycles. The fourth-order valence-electron chi connectivity index (χ4n) is 8.44. The van der Waals surface area contributed by atoms with E-state index in [4.69, 9.17) is 14.2 Å². The van der Waals surface area contributed by atoms with Gasteiger partial charge < -0.3 is 14.2 Å². The minimum atomic E-state index is -0.799. The summed E-state index contributed by atoms with van der Waals surface area (Å²) in [5, 5.41) is 0. The Morgan fingerprint density at radius 2 is 0.534 bits per heavy atom. The second kappa shape index (κ2) is 60.9. The number of unbranched alkanes of at least 4 members (excludes halogenated alkanes) is 28. The summed E-state index contributed by atoms with van der Waals surface area (Å²) in [6.07, 6.45) is 81.2. The van der Waals surface area contributed by atoms with Crippen LogP contribution in [0.3, 0.4) is 0 Å². The molecule has 0 aromatic carbocycles. The van der Waals surface area contributed by atoms with Gasteiger partial charge in [-0.15, -0.1) is 0 Å². The average Bonchev–Trinajstić information content (AvgIpc) is 3.39. The Morgan fingerprint density at radius 3 is 0.863 bits per heavy atom. The monoisotopic (exact) mass is 1010 g/mol. The van der Waals surface area contributed by atoms with Crippen molar-refractivity contribution in [3.8, 4) is 0 Å². The zero-order chi connectivity index (χ0) is 52.9. The number of esters is 3. The second-order valence-electron chi connectivity index (χ2n) is 20.2. The quantitative estimate of drug-likeness (QED) is 0.0261. The average molecular weight is 1020 g/mol. The highest BCUT2D eigenvalue weighted by atomic mass is 16.6. The fourth-order valence-corrected chi connectivity index (χ4v) is 8.44. The molecular formula is C67H114O6. The first kappa shape index (κ1) is 69.3. The van der Waals surface area contributed by atoms with Crippen molar-refractivity contribution in [2.45, 2.75) is 297 Å². The molecule has 1 unspecified atom stereocenters. The van der Waals surface area contributed by atoms with Crippen LogP contribution in [-0.4, -0.2) is 37.2 Å². The molecule has 0 spiro atoms. The summed E-state index contributed by atoms with van der Waals surface area (Å²) in [4.78, 5) is 38.3. The van der Waals surface area contributed by atoms with Gasteiger partial charge in [0.05, 0.1) is 0 Å². The van der Waals surface area contributed by atoms with Crippen LogP contribution >= 0.6 is 0 Å². The molecule has 0 radical (unpaired) electrons. The van der Waals surface area contributed by atoms with E-state index >= 15 is 0 Å². The number of carbonyl (C=O) groups excluding carboxylic acids is 3. The summed E-state index contributed by atoms with van der Waals surface area (Å²) in [5.74, 6) is -0.927. The predicted molar refractivity (Wildman–Crippen MR) is 316 cm³/mol. The first-order valence-electron chi connectivity index (χ1n) is 30.7. The molecule has 73 heavy (non-hydrogen) atoms. The minimum absolute atomic E-state index is 0.0932. The molecule has 0 saturated carbocycles. The fraction of sp³-hybridized carbons (Fsp3) is 0.716. The third kappa shape index (κ3) is 59.1. The molecule has 0 aromatic rings. The summed E-state index contributed by atoms with van der Waals surface area (Å²) in [7, 11) is 0. The van der Waals surface area contributed by atoms with Crippen molar-refractivity contribution in [1.82, 2.24) is 0 Å². The van der Waals surface area contributed by atoms with Crippen LogP contribution in [0, 0.1) is 0 Å². The van der Waals surface area contributed by atoms with Crippen molar-refractivity contribution in [2.75, 3.05) is 13.2 Å². The van der Waals surface area contributed by atoms with Crippen molar-refractivity contribution in [2.24, 2.45) is 0 Å². The molecule has 0 N–H and O–H groups in total. The molecule has 0 aliphatic heterocycles. The van der Waals surface area contributed by atoms with Crippen LogP contribution in [0.15, 0.2) is 97.2 Å². The van der Waals surface area contributed by atoms with Crippen molar-refractivity contribution < 1.29 is 28.6 Å². The Labute approximate surface area is 451 Å². The SMILES string of the molecule is CC/C=C\C/C=C\C/C=C\C/C=C\CCCCCCC(=O)OC(COC(=O)CCCCCCC/C=C\C/C=C\CCCCC)COC(=O)CCCCCCCCCCCCC/C=C\C/C=C\CCCCCCC. The lowest BCUT2D eigenvalue weighted by atomic mass is 10.0. The first-order valence-corrected chi connectivity index (χ1v) is 30.7. The van der Waals surface area contributed by atoms with E-state index in [2.05, 4.69) is 118 Å². The maximum absolute atomic E-state index is 12.9. The number of carbonyl (C=O) groups is 3. The van der Waals surface area contributed by atoms with Gasteiger partial charge in [-0.3, -0.25) is 14.4 Å². The topological polar surface area (TPSA) is 78.9 Å². The lowest BCUT2D eigenvalue weighted by molar-refractivity contribution is -0.167.